The maximum absolute atomic E-state index is 12.1. The molecule has 1 atom stereocenters. The van der Waals surface area contributed by atoms with Crippen LogP contribution in [0.1, 0.15) is 73.6 Å². The number of aryl methyl sites for hydroxylation is 2. The van der Waals surface area contributed by atoms with Crippen LogP contribution in [0, 0.1) is 13.8 Å². The molecule has 1 fully saturated rings. The van der Waals surface area contributed by atoms with Crippen LogP contribution in [-0.2, 0) is 27.2 Å². The van der Waals surface area contributed by atoms with Gasteiger partial charge in [0.25, 0.3) is 0 Å². The van der Waals surface area contributed by atoms with Crippen molar-refractivity contribution in [2.24, 2.45) is 5.73 Å². The van der Waals surface area contributed by atoms with Crippen LogP contribution in [0.3, 0.4) is 0 Å². The number of carbonyl (C=O) groups excluding carboxylic acids is 1. The largest absolute Gasteiger partial charge is 0.480 e. The van der Waals surface area contributed by atoms with E-state index in [9.17, 15) is 9.59 Å². The molecule has 3 rings (SSSR count). The molecule has 3 N–H and O–H groups in total. The molecule has 2 aromatic rings. The summed E-state index contributed by atoms with van der Waals surface area (Å²) in [5, 5.41) is 8.65. The lowest BCUT2D eigenvalue weighted by Crippen LogP contribution is -2.55. The first-order valence-electron chi connectivity index (χ1n) is 13.8. The zero-order valence-electron chi connectivity index (χ0n) is 22.6. The van der Waals surface area contributed by atoms with Crippen LogP contribution in [0.2, 0.25) is 0 Å². The second-order valence-corrected chi connectivity index (χ2v) is 10.7. The number of carboxylic acids is 1. The lowest BCUT2D eigenvalue weighted by atomic mass is 9.76. The summed E-state index contributed by atoms with van der Waals surface area (Å²) in [7, 11) is 0. The van der Waals surface area contributed by atoms with Gasteiger partial charge in [-0.15, -0.1) is 0 Å². The number of likely N-dealkylation sites (tertiary alicyclic amines) is 1. The summed E-state index contributed by atoms with van der Waals surface area (Å²) in [5.74, 6) is -1.35. The highest BCUT2D eigenvalue weighted by Crippen LogP contribution is 2.35. The fourth-order valence-corrected chi connectivity index (χ4v) is 5.49. The van der Waals surface area contributed by atoms with Crippen molar-refractivity contribution in [1.82, 2.24) is 4.90 Å². The molecule has 0 spiro atoms. The molecule has 1 saturated heterocycles. The smallest absolute Gasteiger partial charge is 0.329 e. The maximum atomic E-state index is 12.1. The number of rotatable bonds is 15. The molecule has 202 valence electrons. The van der Waals surface area contributed by atoms with E-state index in [0.717, 1.165) is 51.6 Å². The van der Waals surface area contributed by atoms with Gasteiger partial charge in [0, 0.05) is 12.0 Å². The molecular formula is C31H44N2O4. The number of carbonyl (C=O) groups is 2. The van der Waals surface area contributed by atoms with E-state index in [-0.39, 0.29) is 11.3 Å². The number of hydrogen-bond donors (Lipinski definition) is 2. The predicted molar refractivity (Wildman–Crippen MR) is 148 cm³/mol. The highest BCUT2D eigenvalue weighted by atomic mass is 16.5. The van der Waals surface area contributed by atoms with Crippen LogP contribution >= 0.6 is 0 Å². The zero-order valence-corrected chi connectivity index (χ0v) is 22.6. The summed E-state index contributed by atoms with van der Waals surface area (Å²) in [6, 6.07) is 18.1. The number of ether oxygens (including phenoxy) is 1. The lowest BCUT2D eigenvalue weighted by molar-refractivity contribution is -0.147. The van der Waals surface area contributed by atoms with E-state index in [1.165, 1.54) is 41.5 Å². The van der Waals surface area contributed by atoms with Gasteiger partial charge in [0.05, 0.1) is 0 Å². The molecule has 0 bridgehead atoms. The molecule has 0 aromatic heterocycles. The minimum Gasteiger partial charge on any atom is -0.480 e. The first-order chi connectivity index (χ1) is 17.8. The zero-order chi connectivity index (χ0) is 26.7. The summed E-state index contributed by atoms with van der Waals surface area (Å²) in [5.41, 5.74) is 11.2. The van der Waals surface area contributed by atoms with Crippen molar-refractivity contribution in [3.05, 3.63) is 70.8 Å². The van der Waals surface area contributed by atoms with E-state index in [2.05, 4.69) is 67.3 Å². The Morgan fingerprint density at radius 1 is 0.919 bits per heavy atom. The van der Waals surface area contributed by atoms with Crippen molar-refractivity contribution < 1.29 is 19.4 Å². The molecule has 1 heterocycles. The first kappa shape index (κ1) is 29.0. The molecule has 1 unspecified atom stereocenters. The minimum absolute atomic E-state index is 0.118. The fourth-order valence-electron chi connectivity index (χ4n) is 5.49. The molecule has 37 heavy (non-hydrogen) atoms. The van der Waals surface area contributed by atoms with Crippen LogP contribution in [0.5, 0.6) is 0 Å². The molecule has 6 heteroatoms. The van der Waals surface area contributed by atoms with Gasteiger partial charge in [-0.05, 0) is 76.6 Å². The summed E-state index contributed by atoms with van der Waals surface area (Å²) in [6.45, 7) is 5.93. The lowest BCUT2D eigenvalue weighted by Gasteiger charge is -2.48. The first-order valence-corrected chi connectivity index (χ1v) is 13.8. The number of benzene rings is 2. The van der Waals surface area contributed by atoms with E-state index in [1.807, 2.05) is 0 Å². The van der Waals surface area contributed by atoms with E-state index < -0.39 is 18.8 Å². The molecule has 0 aliphatic carbocycles. The van der Waals surface area contributed by atoms with Crippen LogP contribution in [0.25, 0.3) is 0 Å². The second kappa shape index (κ2) is 14.4. The van der Waals surface area contributed by atoms with Gasteiger partial charge in [0.1, 0.15) is 6.61 Å². The Morgan fingerprint density at radius 3 is 2.05 bits per heavy atom. The van der Waals surface area contributed by atoms with Gasteiger partial charge in [-0.25, -0.2) is 4.79 Å². The molecule has 2 aromatic carbocycles. The Kier molecular flexibility index (Phi) is 11.3. The number of nitrogens with zero attached hydrogens (tertiary/aromatic N) is 1. The quantitative estimate of drug-likeness (QED) is 0.253. The number of nitrogens with two attached hydrogens (primary N) is 1. The number of hydrogen-bond acceptors (Lipinski definition) is 5. The fraction of sp³-hybridized carbons (Fsp3) is 0.548. The Bertz CT molecular complexity index is 940. The number of carboxylic acid groups (broad SMARTS) is 1. The number of Topliss-reactive ketones (excluding diaryl/α,β-unsaturated/α-hetero) is 1. The third kappa shape index (κ3) is 9.37. The predicted octanol–water partition coefficient (Wildman–Crippen LogP) is 5.22. The van der Waals surface area contributed by atoms with Gasteiger partial charge in [-0.2, -0.15) is 0 Å². The summed E-state index contributed by atoms with van der Waals surface area (Å²) >= 11 is 0. The number of ketones is 1. The standard InChI is InChI=1S/C31H44N2O4/c1-24-10-14-26(15-11-24)21-31(22-27-16-12-25(2)13-17-27)18-6-8-20-33(31)19-7-4-3-5-9-28(34)30(32)37-23-29(35)36/h10-17,30H,3-9,18-23,32H2,1-2H3,(H,35,36). The summed E-state index contributed by atoms with van der Waals surface area (Å²) < 4.78 is 4.88. The monoisotopic (exact) mass is 508 g/mol. The highest BCUT2D eigenvalue weighted by Gasteiger charge is 2.38. The number of aliphatic carboxylic acids is 1. The third-order valence-electron chi connectivity index (χ3n) is 7.60. The average Bonchev–Trinajstić information content (AvgIpc) is 2.88. The van der Waals surface area contributed by atoms with Gasteiger partial charge < -0.3 is 9.84 Å². The molecule has 1 aliphatic heterocycles. The normalized spacial score (nSPS) is 16.4. The number of unbranched alkanes of at least 4 members (excludes halogenated alkanes) is 3. The molecule has 0 radical (unpaired) electrons. The molecular weight excluding hydrogens is 464 g/mol. The van der Waals surface area contributed by atoms with Crippen molar-refractivity contribution in [1.29, 1.82) is 0 Å². The van der Waals surface area contributed by atoms with Crippen LogP contribution in [-0.4, -0.2) is 53.2 Å². The second-order valence-electron chi connectivity index (χ2n) is 10.7. The highest BCUT2D eigenvalue weighted by molar-refractivity contribution is 5.82. The summed E-state index contributed by atoms with van der Waals surface area (Å²) in [4.78, 5) is 25.4. The summed E-state index contributed by atoms with van der Waals surface area (Å²) in [6.07, 6.45) is 8.87. The van der Waals surface area contributed by atoms with Crippen molar-refractivity contribution in [3.63, 3.8) is 0 Å². The minimum atomic E-state index is -1.14. The van der Waals surface area contributed by atoms with Gasteiger partial charge in [0.2, 0.25) is 0 Å². The van der Waals surface area contributed by atoms with Gasteiger partial charge in [0.15, 0.2) is 12.0 Å². The van der Waals surface area contributed by atoms with Crippen LogP contribution in [0.4, 0.5) is 0 Å². The van der Waals surface area contributed by atoms with Crippen molar-refractivity contribution in [2.45, 2.75) is 89.8 Å². The van der Waals surface area contributed by atoms with E-state index in [0.29, 0.717) is 6.42 Å². The Morgan fingerprint density at radius 2 is 1.49 bits per heavy atom. The van der Waals surface area contributed by atoms with Crippen LogP contribution < -0.4 is 5.73 Å². The third-order valence-corrected chi connectivity index (χ3v) is 7.60. The average molecular weight is 509 g/mol. The SMILES string of the molecule is Cc1ccc(CC2(Cc3ccc(C)cc3)CCCCN2CCCCCCC(=O)C(N)OCC(=O)O)cc1. The molecule has 0 amide bonds. The van der Waals surface area contributed by atoms with Gasteiger partial charge in [-0.3, -0.25) is 15.4 Å². The van der Waals surface area contributed by atoms with Gasteiger partial charge >= 0.3 is 5.97 Å². The van der Waals surface area contributed by atoms with Crippen molar-refractivity contribution >= 4 is 11.8 Å². The van der Waals surface area contributed by atoms with E-state index in [4.69, 9.17) is 15.6 Å². The topological polar surface area (TPSA) is 92.9 Å². The van der Waals surface area contributed by atoms with E-state index >= 15 is 0 Å². The molecule has 6 nitrogen and oxygen atoms in total. The molecule has 1 aliphatic rings. The van der Waals surface area contributed by atoms with Gasteiger partial charge in [-0.1, -0.05) is 78.9 Å². The van der Waals surface area contributed by atoms with E-state index in [1.54, 1.807) is 0 Å². The van der Waals surface area contributed by atoms with Crippen molar-refractivity contribution in [2.75, 3.05) is 19.7 Å². The number of piperidine rings is 1. The van der Waals surface area contributed by atoms with Crippen molar-refractivity contribution in [3.8, 4) is 0 Å². The Labute approximate surface area is 222 Å². The Hall–Kier alpha value is -2.54. The Balaban J connectivity index is 1.57. The maximum Gasteiger partial charge on any atom is 0.329 e. The van der Waals surface area contributed by atoms with Crippen LogP contribution in [0.15, 0.2) is 48.5 Å². The molecule has 0 saturated carbocycles.